The Bertz CT molecular complexity index is 1370. The fourth-order valence-corrected chi connectivity index (χ4v) is 6.04. The topological polar surface area (TPSA) is 94.1 Å². The number of anilines is 1. The maximum absolute atomic E-state index is 11.9. The molecular weight excluding hydrogens is 402 g/mol. The Morgan fingerprint density at radius 2 is 2.03 bits per heavy atom. The molecule has 1 aromatic carbocycles. The number of sulfone groups is 1. The van der Waals surface area contributed by atoms with Crippen molar-refractivity contribution in [2.45, 2.75) is 32.9 Å². The number of aryl methyl sites for hydroxylation is 1. The Labute approximate surface area is 174 Å². The summed E-state index contributed by atoms with van der Waals surface area (Å²) in [5, 5.41) is 5.64. The second-order valence-electron chi connectivity index (χ2n) is 7.98. The highest BCUT2D eigenvalue weighted by Crippen LogP contribution is 2.33. The number of furan rings is 1. The highest BCUT2D eigenvalue weighted by Gasteiger charge is 2.31. The van der Waals surface area contributed by atoms with Crippen LogP contribution in [0.25, 0.3) is 22.1 Å². The zero-order valence-corrected chi connectivity index (χ0v) is 18.0. The van der Waals surface area contributed by atoms with Gasteiger partial charge in [0.15, 0.2) is 21.2 Å². The molecule has 30 heavy (non-hydrogen) atoms. The Balaban J connectivity index is 1.50. The lowest BCUT2D eigenvalue weighted by Crippen LogP contribution is -2.19. The molecule has 5 rings (SSSR count). The van der Waals surface area contributed by atoms with E-state index in [1.165, 1.54) is 0 Å². The molecule has 4 aromatic rings. The molecule has 0 spiro atoms. The molecule has 0 radical (unpaired) electrons. The van der Waals surface area contributed by atoms with Gasteiger partial charge in [0.2, 0.25) is 0 Å². The lowest BCUT2D eigenvalue weighted by atomic mass is 10.1. The molecule has 1 atom stereocenters. The van der Waals surface area contributed by atoms with Crippen molar-refractivity contribution >= 4 is 37.7 Å². The monoisotopic (exact) mass is 425 g/mol. The SMILES string of the molecule is Cc1nn(C2CCS(=O)(=O)C2)c(C)c1CN(C)c1ncnc2c1oc1ccccc12. The van der Waals surface area contributed by atoms with Gasteiger partial charge in [0.25, 0.3) is 0 Å². The van der Waals surface area contributed by atoms with Gasteiger partial charge in [-0.1, -0.05) is 12.1 Å². The van der Waals surface area contributed by atoms with Crippen LogP contribution >= 0.6 is 0 Å². The van der Waals surface area contributed by atoms with E-state index in [2.05, 4.69) is 15.1 Å². The van der Waals surface area contributed by atoms with Gasteiger partial charge in [-0.2, -0.15) is 5.10 Å². The van der Waals surface area contributed by atoms with Gasteiger partial charge >= 0.3 is 0 Å². The minimum atomic E-state index is -2.97. The number of rotatable bonds is 4. The van der Waals surface area contributed by atoms with Crippen LogP contribution in [0, 0.1) is 13.8 Å². The lowest BCUT2D eigenvalue weighted by molar-refractivity contribution is 0.485. The third-order valence-corrected chi connectivity index (χ3v) is 7.68. The van der Waals surface area contributed by atoms with E-state index in [0.717, 1.165) is 33.4 Å². The normalized spacial score (nSPS) is 18.4. The molecule has 4 heterocycles. The van der Waals surface area contributed by atoms with Crippen LogP contribution in [0.1, 0.15) is 29.4 Å². The molecule has 0 N–H and O–H groups in total. The Kier molecular flexibility index (Phi) is 4.32. The summed E-state index contributed by atoms with van der Waals surface area (Å²) in [6.07, 6.45) is 2.17. The summed E-state index contributed by atoms with van der Waals surface area (Å²) >= 11 is 0. The van der Waals surface area contributed by atoms with Gasteiger partial charge in [-0.3, -0.25) is 4.68 Å². The van der Waals surface area contributed by atoms with Gasteiger partial charge in [0.05, 0.1) is 23.2 Å². The van der Waals surface area contributed by atoms with Crippen LogP contribution in [-0.2, 0) is 16.4 Å². The van der Waals surface area contributed by atoms with Crippen molar-refractivity contribution in [1.29, 1.82) is 0 Å². The van der Waals surface area contributed by atoms with Crippen LogP contribution in [0.5, 0.6) is 0 Å². The predicted molar refractivity (Wildman–Crippen MR) is 115 cm³/mol. The summed E-state index contributed by atoms with van der Waals surface area (Å²) < 4.78 is 31.8. The first-order chi connectivity index (χ1) is 14.3. The number of hydrogen-bond donors (Lipinski definition) is 0. The first kappa shape index (κ1) is 19.0. The summed E-state index contributed by atoms with van der Waals surface area (Å²) in [5.74, 6) is 1.11. The first-order valence-electron chi connectivity index (χ1n) is 9.92. The van der Waals surface area contributed by atoms with Crippen molar-refractivity contribution in [3.63, 3.8) is 0 Å². The maximum atomic E-state index is 11.9. The van der Waals surface area contributed by atoms with Crippen molar-refractivity contribution in [2.75, 3.05) is 23.5 Å². The molecule has 0 bridgehead atoms. The second-order valence-corrected chi connectivity index (χ2v) is 10.2. The van der Waals surface area contributed by atoms with Crippen LogP contribution in [0.2, 0.25) is 0 Å². The number of aromatic nitrogens is 4. The molecule has 0 aliphatic carbocycles. The van der Waals surface area contributed by atoms with E-state index in [1.807, 2.05) is 54.7 Å². The smallest absolute Gasteiger partial charge is 0.196 e. The second kappa shape index (κ2) is 6.80. The highest BCUT2D eigenvalue weighted by atomic mass is 32.2. The highest BCUT2D eigenvalue weighted by molar-refractivity contribution is 7.91. The van der Waals surface area contributed by atoms with Crippen molar-refractivity contribution in [3.8, 4) is 0 Å². The van der Waals surface area contributed by atoms with E-state index in [9.17, 15) is 8.42 Å². The Hall–Kier alpha value is -2.94. The molecule has 1 saturated heterocycles. The minimum absolute atomic E-state index is 0.0890. The van der Waals surface area contributed by atoms with Gasteiger partial charge in [-0.05, 0) is 32.4 Å². The first-order valence-corrected chi connectivity index (χ1v) is 11.7. The lowest BCUT2D eigenvalue weighted by Gasteiger charge is -2.18. The molecule has 1 fully saturated rings. The zero-order valence-electron chi connectivity index (χ0n) is 17.2. The van der Waals surface area contributed by atoms with Crippen LogP contribution in [-0.4, -0.2) is 46.7 Å². The third-order valence-electron chi connectivity index (χ3n) is 5.93. The molecule has 0 amide bonds. The van der Waals surface area contributed by atoms with Crippen LogP contribution < -0.4 is 4.90 Å². The number of fused-ring (bicyclic) bond motifs is 3. The number of benzene rings is 1. The number of nitrogens with zero attached hydrogens (tertiary/aromatic N) is 5. The van der Waals surface area contributed by atoms with Crippen molar-refractivity contribution in [2.24, 2.45) is 0 Å². The van der Waals surface area contributed by atoms with Gasteiger partial charge in [0.1, 0.15) is 17.4 Å². The molecule has 8 nitrogen and oxygen atoms in total. The van der Waals surface area contributed by atoms with Gasteiger partial charge in [0, 0.05) is 30.2 Å². The number of para-hydroxylation sites is 1. The summed E-state index contributed by atoms with van der Waals surface area (Å²) in [6.45, 7) is 4.55. The minimum Gasteiger partial charge on any atom is -0.450 e. The number of hydrogen-bond acceptors (Lipinski definition) is 7. The van der Waals surface area contributed by atoms with Crippen LogP contribution in [0.3, 0.4) is 0 Å². The molecular formula is C21H23N5O3S. The third kappa shape index (κ3) is 3.04. The summed E-state index contributed by atoms with van der Waals surface area (Å²) in [4.78, 5) is 10.9. The molecule has 0 saturated carbocycles. The fourth-order valence-electron chi connectivity index (χ4n) is 4.35. The van der Waals surface area contributed by atoms with Crippen molar-refractivity contribution in [3.05, 3.63) is 47.5 Å². The van der Waals surface area contributed by atoms with E-state index < -0.39 is 9.84 Å². The predicted octanol–water partition coefficient (Wildman–Crippen LogP) is 3.19. The molecule has 3 aromatic heterocycles. The van der Waals surface area contributed by atoms with Gasteiger partial charge in [-0.15, -0.1) is 0 Å². The standard InChI is InChI=1S/C21H23N5O3S/c1-13-17(14(2)26(24-13)15-8-9-30(27,28)11-15)10-25(3)21-20-19(22-12-23-21)16-6-4-5-7-18(16)29-20/h4-7,12,15H,8-11H2,1-3H3. The van der Waals surface area contributed by atoms with Crippen LogP contribution in [0.15, 0.2) is 35.0 Å². The van der Waals surface area contributed by atoms with E-state index in [-0.39, 0.29) is 17.5 Å². The van der Waals surface area contributed by atoms with Crippen LogP contribution in [0.4, 0.5) is 5.82 Å². The van der Waals surface area contributed by atoms with Gasteiger partial charge < -0.3 is 9.32 Å². The largest absolute Gasteiger partial charge is 0.450 e. The van der Waals surface area contributed by atoms with E-state index >= 15 is 0 Å². The molecule has 9 heteroatoms. The molecule has 1 unspecified atom stereocenters. The molecule has 1 aliphatic heterocycles. The van der Waals surface area contributed by atoms with Gasteiger partial charge in [-0.25, -0.2) is 18.4 Å². The Morgan fingerprint density at radius 1 is 1.23 bits per heavy atom. The zero-order chi connectivity index (χ0) is 21.0. The van der Waals surface area contributed by atoms with E-state index in [0.29, 0.717) is 24.4 Å². The maximum Gasteiger partial charge on any atom is 0.196 e. The molecule has 1 aliphatic rings. The summed E-state index contributed by atoms with van der Waals surface area (Å²) in [6, 6.07) is 7.73. The van der Waals surface area contributed by atoms with Crippen molar-refractivity contribution in [1.82, 2.24) is 19.7 Å². The fraction of sp³-hybridized carbons (Fsp3) is 0.381. The average molecular weight is 426 g/mol. The van der Waals surface area contributed by atoms with E-state index in [4.69, 9.17) is 4.42 Å². The van der Waals surface area contributed by atoms with Crippen molar-refractivity contribution < 1.29 is 12.8 Å². The molecule has 156 valence electrons. The summed E-state index contributed by atoms with van der Waals surface area (Å²) in [5.41, 5.74) is 5.21. The average Bonchev–Trinajstić information content (AvgIpc) is 3.36. The summed E-state index contributed by atoms with van der Waals surface area (Å²) in [7, 11) is -1.00. The quantitative estimate of drug-likeness (QED) is 0.496. The Morgan fingerprint density at radius 3 is 2.80 bits per heavy atom. The van der Waals surface area contributed by atoms with E-state index in [1.54, 1.807) is 6.33 Å².